The summed E-state index contributed by atoms with van der Waals surface area (Å²) in [5, 5.41) is 7.53. The van der Waals surface area contributed by atoms with Crippen molar-refractivity contribution in [2.24, 2.45) is 5.92 Å². The van der Waals surface area contributed by atoms with Gasteiger partial charge in [-0.1, -0.05) is 37.6 Å². The summed E-state index contributed by atoms with van der Waals surface area (Å²) in [6.07, 6.45) is 3.82. The third-order valence-electron chi connectivity index (χ3n) is 5.89. The first-order valence-electron chi connectivity index (χ1n) is 10.8. The highest BCUT2D eigenvalue weighted by molar-refractivity contribution is 7.89. The van der Waals surface area contributed by atoms with Crippen LogP contribution in [-0.2, 0) is 14.8 Å². The summed E-state index contributed by atoms with van der Waals surface area (Å²) in [6.45, 7) is 4.71. The lowest BCUT2D eigenvalue weighted by atomic mass is 9.97. The first kappa shape index (κ1) is 23.4. The van der Waals surface area contributed by atoms with E-state index in [9.17, 15) is 13.2 Å². The number of amides is 1. The molecule has 2 heterocycles. The van der Waals surface area contributed by atoms with Crippen molar-refractivity contribution in [3.63, 3.8) is 0 Å². The van der Waals surface area contributed by atoms with Crippen LogP contribution in [-0.4, -0.2) is 46.5 Å². The number of rotatable bonds is 6. The molecule has 0 bridgehead atoms. The number of hydrogen-bond acceptors (Lipinski definition) is 5. The van der Waals surface area contributed by atoms with E-state index in [1.807, 2.05) is 12.1 Å². The molecule has 0 spiro atoms. The molecule has 0 aliphatic carbocycles. The van der Waals surface area contributed by atoms with Crippen molar-refractivity contribution < 1.29 is 13.2 Å². The molecule has 1 fully saturated rings. The number of carbonyl (C=O) groups is 1. The Morgan fingerprint density at radius 1 is 1.12 bits per heavy atom. The average molecular weight is 488 g/mol. The molecule has 1 aliphatic rings. The topological polar surface area (TPSA) is 97.2 Å². The van der Waals surface area contributed by atoms with Gasteiger partial charge < -0.3 is 5.32 Å². The normalized spacial score (nSPS) is 15.6. The molecule has 174 valence electrons. The van der Waals surface area contributed by atoms with Crippen LogP contribution in [0.1, 0.15) is 38.2 Å². The van der Waals surface area contributed by atoms with E-state index in [2.05, 4.69) is 29.2 Å². The van der Waals surface area contributed by atoms with Gasteiger partial charge in [-0.3, -0.25) is 4.79 Å². The van der Waals surface area contributed by atoms with Crippen LogP contribution in [0, 0.1) is 5.92 Å². The number of piperidine rings is 1. The molecule has 10 heteroatoms. The molecule has 0 unspecified atom stereocenters. The van der Waals surface area contributed by atoms with E-state index in [-0.39, 0.29) is 29.8 Å². The van der Waals surface area contributed by atoms with Gasteiger partial charge in [0.1, 0.15) is 12.7 Å². The predicted octanol–water partition coefficient (Wildman–Crippen LogP) is 4.08. The van der Waals surface area contributed by atoms with Gasteiger partial charge in [0.05, 0.1) is 16.3 Å². The molecule has 1 N–H and O–H groups in total. The lowest BCUT2D eigenvalue weighted by molar-refractivity contribution is -0.120. The number of anilines is 1. The number of halogens is 1. The highest BCUT2D eigenvalue weighted by Gasteiger charge is 2.32. The van der Waals surface area contributed by atoms with Gasteiger partial charge >= 0.3 is 0 Å². The second-order valence-electron chi connectivity index (χ2n) is 8.39. The Bertz CT molecular complexity index is 1220. The van der Waals surface area contributed by atoms with Crippen LogP contribution in [0.15, 0.2) is 60.0 Å². The van der Waals surface area contributed by atoms with Gasteiger partial charge in [0.15, 0.2) is 0 Å². The maximum Gasteiger partial charge on any atom is 0.243 e. The molecule has 1 aromatic heterocycles. The third kappa shape index (κ3) is 5.10. The first-order valence-corrected chi connectivity index (χ1v) is 12.6. The standard InChI is InChI=1S/C23H26ClN5O3S/c1-16(2)17-3-6-20(7-4-17)33(31,32)28-11-9-18(10-12-28)23(30)27-21-13-19(24)5-8-22(21)29-15-25-14-26-29/h3-8,13-16,18H,9-12H2,1-2H3,(H,27,30). The minimum Gasteiger partial charge on any atom is -0.324 e. The summed E-state index contributed by atoms with van der Waals surface area (Å²) in [6, 6.07) is 12.2. The Labute approximate surface area is 198 Å². The summed E-state index contributed by atoms with van der Waals surface area (Å²) in [5.41, 5.74) is 2.27. The van der Waals surface area contributed by atoms with Crippen LogP contribution >= 0.6 is 11.6 Å². The molecule has 2 aromatic carbocycles. The maximum atomic E-state index is 13.0. The zero-order valence-corrected chi connectivity index (χ0v) is 20.1. The molecule has 8 nitrogen and oxygen atoms in total. The van der Waals surface area contributed by atoms with E-state index in [4.69, 9.17) is 11.6 Å². The predicted molar refractivity (Wildman–Crippen MR) is 127 cm³/mol. The average Bonchev–Trinajstić information content (AvgIpc) is 3.34. The minimum absolute atomic E-state index is 0.169. The van der Waals surface area contributed by atoms with Gasteiger partial charge in [0.2, 0.25) is 15.9 Å². The van der Waals surface area contributed by atoms with Crippen LogP contribution in [0.3, 0.4) is 0 Å². The van der Waals surface area contributed by atoms with Crippen molar-refractivity contribution in [2.75, 3.05) is 18.4 Å². The number of benzene rings is 2. The number of carbonyl (C=O) groups excluding carboxylic acids is 1. The van der Waals surface area contributed by atoms with E-state index >= 15 is 0 Å². The molecule has 0 radical (unpaired) electrons. The fraction of sp³-hybridized carbons (Fsp3) is 0.348. The van der Waals surface area contributed by atoms with Crippen molar-refractivity contribution in [3.05, 3.63) is 65.7 Å². The highest BCUT2D eigenvalue weighted by atomic mass is 35.5. The number of hydrogen-bond donors (Lipinski definition) is 1. The van der Waals surface area contributed by atoms with Crippen molar-refractivity contribution in [1.29, 1.82) is 0 Å². The summed E-state index contributed by atoms with van der Waals surface area (Å²) in [4.78, 5) is 17.2. The van der Waals surface area contributed by atoms with Crippen molar-refractivity contribution in [3.8, 4) is 5.69 Å². The molecule has 1 amide bonds. The minimum atomic E-state index is -3.59. The fourth-order valence-electron chi connectivity index (χ4n) is 3.91. The van der Waals surface area contributed by atoms with Crippen molar-refractivity contribution in [2.45, 2.75) is 37.5 Å². The van der Waals surface area contributed by atoms with E-state index in [0.717, 1.165) is 5.56 Å². The SMILES string of the molecule is CC(C)c1ccc(S(=O)(=O)N2CCC(C(=O)Nc3cc(Cl)ccc3-n3cncn3)CC2)cc1. The summed E-state index contributed by atoms with van der Waals surface area (Å²) in [7, 11) is -3.59. The molecule has 0 saturated carbocycles. The molecule has 0 atom stereocenters. The number of nitrogens with zero attached hydrogens (tertiary/aromatic N) is 4. The lowest BCUT2D eigenvalue weighted by Gasteiger charge is -2.30. The van der Waals surface area contributed by atoms with Crippen molar-refractivity contribution >= 4 is 33.2 Å². The van der Waals surface area contributed by atoms with Crippen LogP contribution < -0.4 is 5.32 Å². The summed E-state index contributed by atoms with van der Waals surface area (Å²) < 4.78 is 29.1. The van der Waals surface area contributed by atoms with E-state index in [1.54, 1.807) is 35.0 Å². The summed E-state index contributed by atoms with van der Waals surface area (Å²) >= 11 is 6.13. The van der Waals surface area contributed by atoms with Crippen LogP contribution in [0.25, 0.3) is 5.69 Å². The highest BCUT2D eigenvalue weighted by Crippen LogP contribution is 2.28. The van der Waals surface area contributed by atoms with E-state index in [0.29, 0.717) is 35.2 Å². The van der Waals surface area contributed by atoms with Gasteiger partial charge in [-0.25, -0.2) is 18.1 Å². The monoisotopic (exact) mass is 487 g/mol. The molecule has 33 heavy (non-hydrogen) atoms. The van der Waals surface area contributed by atoms with Crippen LogP contribution in [0.2, 0.25) is 5.02 Å². The Morgan fingerprint density at radius 3 is 2.42 bits per heavy atom. The second-order valence-corrected chi connectivity index (χ2v) is 10.8. The largest absolute Gasteiger partial charge is 0.324 e. The first-order chi connectivity index (χ1) is 15.8. The maximum absolute atomic E-state index is 13.0. The molecular formula is C23H26ClN5O3S. The fourth-order valence-corrected chi connectivity index (χ4v) is 5.55. The molecular weight excluding hydrogens is 462 g/mol. The smallest absolute Gasteiger partial charge is 0.243 e. The lowest BCUT2D eigenvalue weighted by Crippen LogP contribution is -2.41. The Kier molecular flexibility index (Phi) is 6.83. The van der Waals surface area contributed by atoms with Crippen LogP contribution in [0.5, 0.6) is 0 Å². The number of nitrogens with one attached hydrogen (secondary N) is 1. The third-order valence-corrected chi connectivity index (χ3v) is 8.04. The Hall–Kier alpha value is -2.75. The zero-order valence-electron chi connectivity index (χ0n) is 18.5. The molecule has 3 aromatic rings. The number of aromatic nitrogens is 3. The second kappa shape index (κ2) is 9.62. The zero-order chi connectivity index (χ0) is 23.6. The van der Waals surface area contributed by atoms with Gasteiger partial charge in [0.25, 0.3) is 0 Å². The van der Waals surface area contributed by atoms with E-state index in [1.165, 1.54) is 17.0 Å². The van der Waals surface area contributed by atoms with E-state index < -0.39 is 10.0 Å². The summed E-state index contributed by atoms with van der Waals surface area (Å²) in [5.74, 6) is -0.139. The van der Waals surface area contributed by atoms with Gasteiger partial charge in [-0.15, -0.1) is 0 Å². The Balaban J connectivity index is 1.42. The van der Waals surface area contributed by atoms with Gasteiger partial charge in [0, 0.05) is 24.0 Å². The number of sulfonamides is 1. The molecule has 4 rings (SSSR count). The Morgan fingerprint density at radius 2 is 1.82 bits per heavy atom. The van der Waals surface area contributed by atoms with Crippen LogP contribution in [0.4, 0.5) is 5.69 Å². The quantitative estimate of drug-likeness (QED) is 0.565. The molecule has 1 aliphatic heterocycles. The molecule has 1 saturated heterocycles. The van der Waals surface area contributed by atoms with Gasteiger partial charge in [-0.2, -0.15) is 9.40 Å². The van der Waals surface area contributed by atoms with Crippen molar-refractivity contribution in [1.82, 2.24) is 19.1 Å². The van der Waals surface area contributed by atoms with Gasteiger partial charge in [-0.05, 0) is 54.7 Å².